The Bertz CT molecular complexity index is 1270. The highest BCUT2D eigenvalue weighted by atomic mass is 32.1. The van der Waals surface area contributed by atoms with Gasteiger partial charge in [0.25, 0.3) is 0 Å². The minimum atomic E-state index is -0.336. The lowest BCUT2D eigenvalue weighted by Gasteiger charge is -2.24. The highest BCUT2D eigenvalue weighted by Gasteiger charge is 2.22. The molecule has 0 saturated carbocycles. The van der Waals surface area contributed by atoms with Gasteiger partial charge in [0.05, 0.1) is 24.5 Å². The highest BCUT2D eigenvalue weighted by molar-refractivity contribution is 7.23. The summed E-state index contributed by atoms with van der Waals surface area (Å²) in [5.74, 6) is 1.22. The molecule has 1 aromatic heterocycles. The maximum Gasteiger partial charge on any atom is 0.141 e. The van der Waals surface area contributed by atoms with Crippen LogP contribution in [-0.4, -0.2) is 14.2 Å². The molecule has 0 amide bonds. The van der Waals surface area contributed by atoms with Crippen LogP contribution in [0.3, 0.4) is 0 Å². The van der Waals surface area contributed by atoms with Gasteiger partial charge in [-0.3, -0.25) is 0 Å². The van der Waals surface area contributed by atoms with Crippen molar-refractivity contribution in [3.63, 3.8) is 0 Å². The van der Waals surface area contributed by atoms with Crippen molar-refractivity contribution in [1.82, 2.24) is 0 Å². The SMILES string of the molecule is C=Cc1ccc(F)c2sc(N(Cc3ccc(OC)cc3)Cc3ccc(OC)cc3)c(C#N)c12. The van der Waals surface area contributed by atoms with E-state index in [0.717, 1.165) is 33.2 Å². The number of nitrogens with zero attached hydrogens (tertiary/aromatic N) is 2. The molecule has 33 heavy (non-hydrogen) atoms. The van der Waals surface area contributed by atoms with Crippen LogP contribution >= 0.6 is 11.3 Å². The summed E-state index contributed by atoms with van der Waals surface area (Å²) in [6.07, 6.45) is 1.66. The fourth-order valence-corrected chi connectivity index (χ4v) is 4.97. The molecule has 0 fully saturated rings. The molecule has 166 valence electrons. The van der Waals surface area contributed by atoms with Crippen molar-refractivity contribution in [3.8, 4) is 17.6 Å². The first-order chi connectivity index (χ1) is 16.1. The average molecular weight is 459 g/mol. The fourth-order valence-electron chi connectivity index (χ4n) is 3.78. The van der Waals surface area contributed by atoms with Gasteiger partial charge in [0.2, 0.25) is 0 Å². The van der Waals surface area contributed by atoms with Gasteiger partial charge in [0.15, 0.2) is 0 Å². The van der Waals surface area contributed by atoms with Crippen LogP contribution in [0.25, 0.3) is 16.2 Å². The first-order valence-corrected chi connectivity index (χ1v) is 11.2. The quantitative estimate of drug-likeness (QED) is 0.292. The lowest BCUT2D eigenvalue weighted by molar-refractivity contribution is 0.414. The summed E-state index contributed by atoms with van der Waals surface area (Å²) in [6, 6.07) is 21.0. The van der Waals surface area contributed by atoms with E-state index < -0.39 is 0 Å². The average Bonchev–Trinajstić information content (AvgIpc) is 3.25. The van der Waals surface area contributed by atoms with Gasteiger partial charge in [-0.25, -0.2) is 4.39 Å². The molecule has 0 aliphatic heterocycles. The van der Waals surface area contributed by atoms with Gasteiger partial charge in [-0.15, -0.1) is 11.3 Å². The van der Waals surface area contributed by atoms with Gasteiger partial charge < -0.3 is 14.4 Å². The van der Waals surface area contributed by atoms with E-state index in [2.05, 4.69) is 17.5 Å². The molecule has 0 spiro atoms. The van der Waals surface area contributed by atoms with Gasteiger partial charge in [0.1, 0.15) is 28.4 Å². The summed E-state index contributed by atoms with van der Waals surface area (Å²) in [4.78, 5) is 2.11. The number of hydrogen-bond donors (Lipinski definition) is 0. The van der Waals surface area contributed by atoms with Gasteiger partial charge in [-0.2, -0.15) is 5.26 Å². The molecule has 6 heteroatoms. The number of ether oxygens (including phenoxy) is 2. The Morgan fingerprint density at radius 2 is 1.48 bits per heavy atom. The summed E-state index contributed by atoms with van der Waals surface area (Å²) in [5.41, 5.74) is 3.32. The van der Waals surface area contributed by atoms with Crippen molar-refractivity contribution in [2.24, 2.45) is 0 Å². The van der Waals surface area contributed by atoms with Crippen molar-refractivity contribution in [3.05, 3.63) is 95.3 Å². The topological polar surface area (TPSA) is 45.5 Å². The number of thiophene rings is 1. The van der Waals surface area contributed by atoms with Crippen LogP contribution in [0, 0.1) is 17.1 Å². The number of fused-ring (bicyclic) bond motifs is 1. The van der Waals surface area contributed by atoms with Gasteiger partial charge in [-0.1, -0.05) is 43.0 Å². The molecule has 0 saturated heterocycles. The Morgan fingerprint density at radius 1 is 0.939 bits per heavy atom. The Balaban J connectivity index is 1.82. The van der Waals surface area contributed by atoms with Crippen molar-refractivity contribution in [2.45, 2.75) is 13.1 Å². The Labute approximate surface area is 196 Å². The van der Waals surface area contributed by atoms with E-state index in [4.69, 9.17) is 9.47 Å². The van der Waals surface area contributed by atoms with Crippen molar-refractivity contribution in [2.75, 3.05) is 19.1 Å². The number of anilines is 1. The van der Waals surface area contributed by atoms with E-state index in [1.807, 2.05) is 48.5 Å². The molecular formula is C27H23FN2O2S. The second kappa shape index (κ2) is 9.76. The van der Waals surface area contributed by atoms with Gasteiger partial charge >= 0.3 is 0 Å². The summed E-state index contributed by atoms with van der Waals surface area (Å²) in [7, 11) is 3.26. The molecule has 3 aromatic carbocycles. The molecule has 0 bridgehead atoms. The maximum atomic E-state index is 14.7. The van der Waals surface area contributed by atoms with Gasteiger partial charge in [-0.05, 0) is 47.0 Å². The molecule has 0 radical (unpaired) electrons. The van der Waals surface area contributed by atoms with Crippen molar-refractivity contribution in [1.29, 1.82) is 5.26 Å². The summed E-state index contributed by atoms with van der Waals surface area (Å²) in [5, 5.41) is 11.4. The fraction of sp³-hybridized carbons (Fsp3) is 0.148. The van der Waals surface area contributed by atoms with E-state index in [1.54, 1.807) is 26.4 Å². The van der Waals surface area contributed by atoms with Crippen LogP contribution in [-0.2, 0) is 13.1 Å². The second-order valence-corrected chi connectivity index (χ2v) is 8.49. The molecule has 4 nitrogen and oxygen atoms in total. The molecular weight excluding hydrogens is 435 g/mol. The minimum absolute atomic E-state index is 0.336. The Hall–Kier alpha value is -3.82. The molecule has 0 N–H and O–H groups in total. The van der Waals surface area contributed by atoms with E-state index >= 15 is 0 Å². The van der Waals surface area contributed by atoms with Crippen LogP contribution in [0.15, 0.2) is 67.2 Å². The molecule has 4 rings (SSSR count). The number of halogens is 1. The smallest absolute Gasteiger partial charge is 0.141 e. The number of methoxy groups -OCH3 is 2. The summed E-state index contributed by atoms with van der Waals surface area (Å²) < 4.78 is 25.8. The molecule has 1 heterocycles. The molecule has 4 aromatic rings. The predicted octanol–water partition coefficient (Wildman–Crippen LogP) is 6.78. The summed E-state index contributed by atoms with van der Waals surface area (Å²) >= 11 is 1.30. The van der Waals surface area contributed by atoms with E-state index in [9.17, 15) is 9.65 Å². The minimum Gasteiger partial charge on any atom is -0.497 e. The molecule has 0 unspecified atom stereocenters. The number of hydrogen-bond acceptors (Lipinski definition) is 5. The normalized spacial score (nSPS) is 10.6. The number of nitriles is 1. The zero-order chi connectivity index (χ0) is 23.4. The van der Waals surface area contributed by atoms with Crippen LogP contribution in [0.4, 0.5) is 9.39 Å². The molecule has 0 aliphatic rings. The molecule has 0 atom stereocenters. The highest BCUT2D eigenvalue weighted by Crippen LogP contribution is 2.42. The van der Waals surface area contributed by atoms with Gasteiger partial charge in [0, 0.05) is 18.5 Å². The van der Waals surface area contributed by atoms with E-state index in [1.165, 1.54) is 17.4 Å². The maximum absolute atomic E-state index is 14.7. The van der Waals surface area contributed by atoms with E-state index in [-0.39, 0.29) is 5.82 Å². The monoisotopic (exact) mass is 458 g/mol. The zero-order valence-corrected chi connectivity index (χ0v) is 19.3. The Morgan fingerprint density at radius 3 is 1.94 bits per heavy atom. The van der Waals surface area contributed by atoms with Crippen LogP contribution in [0.1, 0.15) is 22.3 Å². The third kappa shape index (κ3) is 4.55. The summed E-state index contributed by atoms with van der Waals surface area (Å²) in [6.45, 7) is 4.93. The Kier molecular flexibility index (Phi) is 6.62. The van der Waals surface area contributed by atoms with Crippen molar-refractivity contribution >= 4 is 32.5 Å². The third-order valence-electron chi connectivity index (χ3n) is 5.49. The zero-order valence-electron chi connectivity index (χ0n) is 18.5. The standard InChI is InChI=1S/C27H23FN2O2S/c1-4-20-9-14-24(28)26-25(20)23(15-29)27(33-26)30(16-18-5-10-21(31-2)11-6-18)17-19-7-12-22(32-3)13-8-19/h4-14H,1,16-17H2,2-3H3. The second-order valence-electron chi connectivity index (χ2n) is 7.49. The van der Waals surface area contributed by atoms with Crippen LogP contribution in [0.2, 0.25) is 0 Å². The van der Waals surface area contributed by atoms with Crippen LogP contribution < -0.4 is 14.4 Å². The first-order valence-electron chi connectivity index (χ1n) is 10.4. The third-order valence-corrected chi connectivity index (χ3v) is 6.75. The van der Waals surface area contributed by atoms with Crippen LogP contribution in [0.5, 0.6) is 11.5 Å². The lowest BCUT2D eigenvalue weighted by Crippen LogP contribution is -2.22. The molecule has 0 aliphatic carbocycles. The van der Waals surface area contributed by atoms with Crippen molar-refractivity contribution < 1.29 is 13.9 Å². The van der Waals surface area contributed by atoms with E-state index in [0.29, 0.717) is 28.7 Å². The number of benzene rings is 3. The largest absolute Gasteiger partial charge is 0.497 e. The predicted molar refractivity (Wildman–Crippen MR) is 132 cm³/mol. The lowest BCUT2D eigenvalue weighted by atomic mass is 10.1. The first kappa shape index (κ1) is 22.4. The number of rotatable bonds is 8.